The lowest BCUT2D eigenvalue weighted by molar-refractivity contribution is 0.871. The van der Waals surface area contributed by atoms with E-state index in [0.29, 0.717) is 6.54 Å². The van der Waals surface area contributed by atoms with E-state index in [1.807, 2.05) is 25.1 Å². The van der Waals surface area contributed by atoms with Crippen molar-refractivity contribution in [2.24, 2.45) is 5.73 Å². The van der Waals surface area contributed by atoms with E-state index in [4.69, 9.17) is 5.73 Å². The van der Waals surface area contributed by atoms with Crippen molar-refractivity contribution in [3.8, 4) is 0 Å². The zero-order chi connectivity index (χ0) is 13.7. The molecule has 100 valence electrons. The second-order valence-electron chi connectivity index (χ2n) is 4.20. The van der Waals surface area contributed by atoms with Crippen LogP contribution in [0.1, 0.15) is 17.2 Å². The van der Waals surface area contributed by atoms with E-state index >= 15 is 0 Å². The number of thioether (sulfide) groups is 1. The molecule has 1 aromatic heterocycles. The lowest BCUT2D eigenvalue weighted by atomic mass is 10.2. The van der Waals surface area contributed by atoms with E-state index in [2.05, 4.69) is 38.0 Å². The number of rotatable bonds is 5. The Bertz CT molecular complexity index is 543. The van der Waals surface area contributed by atoms with Crippen LogP contribution in [0.3, 0.4) is 0 Å². The molecule has 0 atom stereocenters. The van der Waals surface area contributed by atoms with Crippen LogP contribution in [-0.4, -0.2) is 16.5 Å². The third kappa shape index (κ3) is 4.60. The molecule has 1 aromatic carbocycles. The quantitative estimate of drug-likeness (QED) is 0.850. The molecule has 2 rings (SSSR count). The Morgan fingerprint density at radius 3 is 2.63 bits per heavy atom. The van der Waals surface area contributed by atoms with Crippen molar-refractivity contribution in [2.75, 3.05) is 6.54 Å². The molecule has 3 nitrogen and oxygen atoms in total. The van der Waals surface area contributed by atoms with Crippen molar-refractivity contribution in [2.45, 2.75) is 24.0 Å². The molecule has 2 N–H and O–H groups in total. The molecular weight excluding hydrogens is 322 g/mol. The van der Waals surface area contributed by atoms with Crippen LogP contribution in [-0.2, 0) is 12.2 Å². The summed E-state index contributed by atoms with van der Waals surface area (Å²) in [6, 6.07) is 10.3. The summed E-state index contributed by atoms with van der Waals surface area (Å²) in [5, 5.41) is 0. The van der Waals surface area contributed by atoms with Gasteiger partial charge in [0.1, 0.15) is 5.82 Å². The molecule has 0 saturated heterocycles. The monoisotopic (exact) mass is 337 g/mol. The average Bonchev–Trinajstić information content (AvgIpc) is 2.38. The van der Waals surface area contributed by atoms with Crippen LogP contribution < -0.4 is 5.73 Å². The number of halogens is 1. The first kappa shape index (κ1) is 14.5. The minimum atomic E-state index is 0.621. The Labute approximate surface area is 126 Å². The van der Waals surface area contributed by atoms with E-state index in [1.54, 1.807) is 11.8 Å². The summed E-state index contributed by atoms with van der Waals surface area (Å²) >= 11 is 5.17. The van der Waals surface area contributed by atoms with Crippen molar-refractivity contribution in [3.05, 3.63) is 52.0 Å². The van der Waals surface area contributed by atoms with Crippen molar-refractivity contribution in [1.82, 2.24) is 9.97 Å². The number of hydrogen-bond donors (Lipinski definition) is 1. The Morgan fingerprint density at radius 2 is 1.95 bits per heavy atom. The lowest BCUT2D eigenvalue weighted by Crippen LogP contribution is -2.07. The maximum atomic E-state index is 5.57. The van der Waals surface area contributed by atoms with Gasteiger partial charge in [0.2, 0.25) is 0 Å². The molecule has 0 aliphatic carbocycles. The van der Waals surface area contributed by atoms with Gasteiger partial charge in [0, 0.05) is 27.2 Å². The third-order valence-corrected chi connectivity index (χ3v) is 4.07. The highest BCUT2D eigenvalue weighted by molar-refractivity contribution is 9.10. The Kier molecular flexibility index (Phi) is 5.36. The third-order valence-electron chi connectivity index (χ3n) is 2.54. The highest BCUT2D eigenvalue weighted by atomic mass is 79.9. The molecule has 0 bridgehead atoms. The Hall–Kier alpha value is -0.910. The summed E-state index contributed by atoms with van der Waals surface area (Å²) in [6.45, 7) is 2.62. The average molecular weight is 338 g/mol. The molecule has 0 saturated carbocycles. The fourth-order valence-electron chi connectivity index (χ4n) is 1.72. The first-order valence-electron chi connectivity index (χ1n) is 6.09. The molecule has 0 aliphatic rings. The van der Waals surface area contributed by atoms with E-state index < -0.39 is 0 Å². The van der Waals surface area contributed by atoms with Gasteiger partial charge < -0.3 is 5.73 Å². The van der Waals surface area contributed by atoms with Crippen LogP contribution in [0, 0.1) is 6.92 Å². The summed E-state index contributed by atoms with van der Waals surface area (Å²) in [5.74, 6) is 1.65. The zero-order valence-electron chi connectivity index (χ0n) is 10.8. The van der Waals surface area contributed by atoms with Gasteiger partial charge in [-0.25, -0.2) is 9.97 Å². The Morgan fingerprint density at radius 1 is 1.21 bits per heavy atom. The molecular formula is C14H16BrN3S. The van der Waals surface area contributed by atoms with Crippen molar-refractivity contribution >= 4 is 27.7 Å². The van der Waals surface area contributed by atoms with Gasteiger partial charge in [-0.1, -0.05) is 15.9 Å². The van der Waals surface area contributed by atoms with Crippen LogP contribution in [0.4, 0.5) is 0 Å². The van der Waals surface area contributed by atoms with Gasteiger partial charge >= 0.3 is 0 Å². The van der Waals surface area contributed by atoms with Gasteiger partial charge in [0.05, 0.1) is 5.75 Å². The second kappa shape index (κ2) is 7.03. The number of aromatic nitrogens is 2. The summed E-state index contributed by atoms with van der Waals surface area (Å²) < 4.78 is 1.09. The molecule has 0 amide bonds. The van der Waals surface area contributed by atoms with Gasteiger partial charge in [-0.05, 0) is 43.8 Å². The summed E-state index contributed by atoms with van der Waals surface area (Å²) in [4.78, 5) is 10.2. The standard InChI is InChI=1S/C14H16BrN3S/c1-10-8-12(6-7-16)18-14(17-10)9-19-13-4-2-11(15)3-5-13/h2-5,8H,6-7,9,16H2,1H3. The molecule has 5 heteroatoms. The predicted octanol–water partition coefficient (Wildman–Crippen LogP) is 3.34. The van der Waals surface area contributed by atoms with Crippen LogP contribution in [0.25, 0.3) is 0 Å². The molecule has 0 radical (unpaired) electrons. The maximum absolute atomic E-state index is 5.57. The van der Waals surface area contributed by atoms with Crippen LogP contribution in [0.2, 0.25) is 0 Å². The number of nitrogens with zero attached hydrogens (tertiary/aromatic N) is 2. The number of benzene rings is 1. The molecule has 1 heterocycles. The van der Waals surface area contributed by atoms with Crippen molar-refractivity contribution < 1.29 is 0 Å². The summed E-state index contributed by atoms with van der Waals surface area (Å²) in [5.41, 5.74) is 7.60. The normalized spacial score (nSPS) is 10.7. The van der Waals surface area contributed by atoms with Gasteiger partial charge in [-0.15, -0.1) is 11.8 Å². The Balaban J connectivity index is 2.04. The topological polar surface area (TPSA) is 51.8 Å². The van der Waals surface area contributed by atoms with Gasteiger partial charge in [-0.2, -0.15) is 0 Å². The fraction of sp³-hybridized carbons (Fsp3) is 0.286. The lowest BCUT2D eigenvalue weighted by Gasteiger charge is -2.05. The van der Waals surface area contributed by atoms with Gasteiger partial charge in [0.25, 0.3) is 0 Å². The predicted molar refractivity (Wildman–Crippen MR) is 83.2 cm³/mol. The summed E-state index contributed by atoms with van der Waals surface area (Å²) in [6.07, 6.45) is 0.805. The van der Waals surface area contributed by atoms with E-state index in [1.165, 1.54) is 4.90 Å². The number of hydrogen-bond acceptors (Lipinski definition) is 4. The van der Waals surface area contributed by atoms with Crippen LogP contribution in [0.15, 0.2) is 39.7 Å². The largest absolute Gasteiger partial charge is 0.330 e. The maximum Gasteiger partial charge on any atom is 0.139 e. The van der Waals surface area contributed by atoms with Crippen molar-refractivity contribution in [3.63, 3.8) is 0 Å². The van der Waals surface area contributed by atoms with Crippen molar-refractivity contribution in [1.29, 1.82) is 0 Å². The highest BCUT2D eigenvalue weighted by Gasteiger charge is 2.03. The molecule has 19 heavy (non-hydrogen) atoms. The second-order valence-corrected chi connectivity index (χ2v) is 6.16. The van der Waals surface area contributed by atoms with Gasteiger partial charge in [-0.3, -0.25) is 0 Å². The molecule has 2 aromatic rings. The van der Waals surface area contributed by atoms with E-state index in [-0.39, 0.29) is 0 Å². The number of aryl methyl sites for hydroxylation is 1. The van der Waals surface area contributed by atoms with Gasteiger partial charge in [0.15, 0.2) is 0 Å². The molecule has 0 fully saturated rings. The van der Waals surface area contributed by atoms with Crippen LogP contribution in [0.5, 0.6) is 0 Å². The highest BCUT2D eigenvalue weighted by Crippen LogP contribution is 2.23. The smallest absolute Gasteiger partial charge is 0.139 e. The zero-order valence-corrected chi connectivity index (χ0v) is 13.2. The first-order chi connectivity index (χ1) is 9.17. The van der Waals surface area contributed by atoms with Crippen LogP contribution >= 0.6 is 27.7 Å². The number of nitrogens with two attached hydrogens (primary N) is 1. The minimum absolute atomic E-state index is 0.621. The first-order valence-corrected chi connectivity index (χ1v) is 7.87. The molecule has 0 spiro atoms. The summed E-state index contributed by atoms with van der Waals surface area (Å²) in [7, 11) is 0. The van der Waals surface area contributed by atoms with E-state index in [0.717, 1.165) is 33.9 Å². The SMILES string of the molecule is Cc1cc(CCN)nc(CSc2ccc(Br)cc2)n1. The van der Waals surface area contributed by atoms with E-state index in [9.17, 15) is 0 Å². The fourth-order valence-corrected chi connectivity index (χ4v) is 2.74. The minimum Gasteiger partial charge on any atom is -0.330 e. The molecule has 0 aliphatic heterocycles. The molecule has 0 unspecified atom stereocenters.